The summed E-state index contributed by atoms with van der Waals surface area (Å²) < 4.78 is 0. The van der Waals surface area contributed by atoms with E-state index < -0.39 is 5.97 Å². The lowest BCUT2D eigenvalue weighted by atomic mass is 10.1. The first kappa shape index (κ1) is 15.2. The molecule has 0 aromatic heterocycles. The monoisotopic (exact) mass is 240 g/mol. The minimum atomic E-state index is -0.860. The van der Waals surface area contributed by atoms with Gasteiger partial charge in [-0.15, -0.1) is 13.2 Å². The van der Waals surface area contributed by atoms with Crippen molar-refractivity contribution in [2.75, 3.05) is 19.6 Å². The smallest absolute Gasteiger partial charge is 0.317 e. The number of hydrogen-bond acceptors (Lipinski definition) is 2. The molecule has 2 N–H and O–H groups in total. The first-order chi connectivity index (χ1) is 8.01. The van der Waals surface area contributed by atoms with E-state index in [0.717, 1.165) is 0 Å². The number of urea groups is 1. The van der Waals surface area contributed by atoms with Gasteiger partial charge in [0.15, 0.2) is 0 Å². The van der Waals surface area contributed by atoms with Gasteiger partial charge in [0, 0.05) is 26.1 Å². The van der Waals surface area contributed by atoms with E-state index in [9.17, 15) is 9.59 Å². The molecule has 2 amide bonds. The summed E-state index contributed by atoms with van der Waals surface area (Å²) in [5, 5.41) is 11.3. The number of amides is 2. The van der Waals surface area contributed by atoms with Gasteiger partial charge in [-0.3, -0.25) is 4.79 Å². The third-order valence-electron chi connectivity index (χ3n) is 2.11. The largest absolute Gasteiger partial charge is 0.481 e. The van der Waals surface area contributed by atoms with E-state index in [1.165, 1.54) is 4.90 Å². The predicted octanol–water partition coefficient (Wildman–Crippen LogP) is 1.48. The summed E-state index contributed by atoms with van der Waals surface area (Å²) in [6, 6.07) is -0.234. The maximum atomic E-state index is 11.7. The van der Waals surface area contributed by atoms with E-state index in [2.05, 4.69) is 18.5 Å². The SMILES string of the molecule is C=CCN(CC=C)C(=O)NCC(C)CC(=O)O. The first-order valence-electron chi connectivity index (χ1n) is 5.47. The van der Waals surface area contributed by atoms with Crippen LogP contribution in [-0.4, -0.2) is 41.6 Å². The van der Waals surface area contributed by atoms with E-state index in [1.54, 1.807) is 19.1 Å². The second kappa shape index (κ2) is 8.38. The van der Waals surface area contributed by atoms with Gasteiger partial charge in [0.25, 0.3) is 0 Å². The van der Waals surface area contributed by atoms with Crippen LogP contribution < -0.4 is 5.32 Å². The zero-order chi connectivity index (χ0) is 13.3. The molecule has 0 aliphatic heterocycles. The van der Waals surface area contributed by atoms with E-state index >= 15 is 0 Å². The molecule has 0 aliphatic carbocycles. The Labute approximate surface area is 102 Å². The van der Waals surface area contributed by atoms with Gasteiger partial charge in [-0.05, 0) is 5.92 Å². The Bertz CT molecular complexity index is 279. The molecule has 96 valence electrons. The highest BCUT2D eigenvalue weighted by Crippen LogP contribution is 2.00. The van der Waals surface area contributed by atoms with Gasteiger partial charge < -0.3 is 15.3 Å². The second-order valence-corrected chi connectivity index (χ2v) is 3.87. The van der Waals surface area contributed by atoms with Crippen LogP contribution in [0.2, 0.25) is 0 Å². The number of rotatable bonds is 8. The van der Waals surface area contributed by atoms with E-state index in [-0.39, 0.29) is 18.4 Å². The van der Waals surface area contributed by atoms with Crippen LogP contribution in [0.5, 0.6) is 0 Å². The van der Waals surface area contributed by atoms with Gasteiger partial charge in [0.2, 0.25) is 0 Å². The molecular formula is C12H20N2O3. The van der Waals surface area contributed by atoms with Gasteiger partial charge in [0.05, 0.1) is 0 Å². The Hall–Kier alpha value is -1.78. The molecule has 5 heteroatoms. The summed E-state index contributed by atoms with van der Waals surface area (Å²) in [7, 11) is 0. The summed E-state index contributed by atoms with van der Waals surface area (Å²) in [5.74, 6) is -0.952. The summed E-state index contributed by atoms with van der Waals surface area (Å²) >= 11 is 0. The molecule has 0 spiro atoms. The lowest BCUT2D eigenvalue weighted by Gasteiger charge is -2.21. The number of aliphatic carboxylic acids is 1. The van der Waals surface area contributed by atoms with Gasteiger partial charge in [0.1, 0.15) is 0 Å². The van der Waals surface area contributed by atoms with Crippen LogP contribution >= 0.6 is 0 Å². The number of carbonyl (C=O) groups is 2. The van der Waals surface area contributed by atoms with Crippen molar-refractivity contribution in [2.45, 2.75) is 13.3 Å². The molecule has 0 saturated carbocycles. The molecule has 0 heterocycles. The van der Waals surface area contributed by atoms with E-state index in [1.807, 2.05) is 0 Å². The van der Waals surface area contributed by atoms with Crippen LogP contribution in [-0.2, 0) is 4.79 Å². The topological polar surface area (TPSA) is 69.6 Å². The molecule has 17 heavy (non-hydrogen) atoms. The van der Waals surface area contributed by atoms with Gasteiger partial charge >= 0.3 is 12.0 Å². The minimum absolute atomic E-state index is 0.0448. The normalized spacial score (nSPS) is 11.4. The van der Waals surface area contributed by atoms with E-state index in [4.69, 9.17) is 5.11 Å². The van der Waals surface area contributed by atoms with Crippen LogP contribution in [0, 0.1) is 5.92 Å². The Kier molecular flexibility index (Phi) is 7.50. The Morgan fingerprint density at radius 3 is 2.29 bits per heavy atom. The molecule has 1 atom stereocenters. The number of hydrogen-bond donors (Lipinski definition) is 2. The maximum Gasteiger partial charge on any atom is 0.317 e. The molecule has 5 nitrogen and oxygen atoms in total. The van der Waals surface area contributed by atoms with Crippen LogP contribution in [0.25, 0.3) is 0 Å². The number of carbonyl (C=O) groups excluding carboxylic acids is 1. The highest BCUT2D eigenvalue weighted by molar-refractivity contribution is 5.74. The maximum absolute atomic E-state index is 11.7. The highest BCUT2D eigenvalue weighted by Gasteiger charge is 2.12. The average molecular weight is 240 g/mol. The average Bonchev–Trinajstić information content (AvgIpc) is 2.24. The predicted molar refractivity (Wildman–Crippen MR) is 66.8 cm³/mol. The van der Waals surface area contributed by atoms with Crippen molar-refractivity contribution in [3.05, 3.63) is 25.3 Å². The number of carboxylic acids is 1. The first-order valence-corrected chi connectivity index (χ1v) is 5.47. The van der Waals surface area contributed by atoms with Crippen molar-refractivity contribution in [1.29, 1.82) is 0 Å². The van der Waals surface area contributed by atoms with Gasteiger partial charge in [-0.1, -0.05) is 19.1 Å². The molecule has 0 rings (SSSR count). The summed E-state index contributed by atoms with van der Waals surface area (Å²) in [4.78, 5) is 23.7. The van der Waals surface area contributed by atoms with Crippen molar-refractivity contribution in [1.82, 2.24) is 10.2 Å². The van der Waals surface area contributed by atoms with E-state index in [0.29, 0.717) is 19.6 Å². The fourth-order valence-corrected chi connectivity index (χ4v) is 1.30. The summed E-state index contributed by atoms with van der Waals surface area (Å²) in [5.41, 5.74) is 0. The van der Waals surface area contributed by atoms with Gasteiger partial charge in [-0.25, -0.2) is 4.79 Å². The van der Waals surface area contributed by atoms with Crippen LogP contribution in [0.4, 0.5) is 4.79 Å². The Morgan fingerprint density at radius 1 is 1.35 bits per heavy atom. The second-order valence-electron chi connectivity index (χ2n) is 3.87. The molecule has 0 radical (unpaired) electrons. The standard InChI is InChI=1S/C12H20N2O3/c1-4-6-14(7-5-2)12(17)13-9-10(3)8-11(15)16/h4-5,10H,1-2,6-9H2,3H3,(H,13,17)(H,15,16). The lowest BCUT2D eigenvalue weighted by Crippen LogP contribution is -2.41. The zero-order valence-corrected chi connectivity index (χ0v) is 10.2. The number of nitrogens with one attached hydrogen (secondary N) is 1. The molecule has 0 aromatic carbocycles. The molecule has 1 unspecified atom stereocenters. The van der Waals surface area contributed by atoms with Crippen molar-refractivity contribution >= 4 is 12.0 Å². The van der Waals surface area contributed by atoms with Crippen molar-refractivity contribution in [2.24, 2.45) is 5.92 Å². The quantitative estimate of drug-likeness (QED) is 0.631. The number of nitrogens with zero attached hydrogens (tertiary/aromatic N) is 1. The third-order valence-corrected chi connectivity index (χ3v) is 2.11. The zero-order valence-electron chi connectivity index (χ0n) is 10.2. The molecule has 0 aliphatic rings. The number of carboxylic acid groups (broad SMARTS) is 1. The molecule has 0 saturated heterocycles. The summed E-state index contributed by atoms with van der Waals surface area (Å²) in [6.07, 6.45) is 3.30. The van der Waals surface area contributed by atoms with Crippen molar-refractivity contribution in [3.63, 3.8) is 0 Å². The molecule has 0 bridgehead atoms. The molecule has 0 aromatic rings. The summed E-state index contributed by atoms with van der Waals surface area (Å²) in [6.45, 7) is 10.1. The van der Waals surface area contributed by atoms with Crippen molar-refractivity contribution < 1.29 is 14.7 Å². The molecular weight excluding hydrogens is 220 g/mol. The highest BCUT2D eigenvalue weighted by atomic mass is 16.4. The lowest BCUT2D eigenvalue weighted by molar-refractivity contribution is -0.137. The van der Waals surface area contributed by atoms with Crippen molar-refractivity contribution in [3.8, 4) is 0 Å². The Morgan fingerprint density at radius 2 is 1.88 bits per heavy atom. The fraction of sp³-hybridized carbons (Fsp3) is 0.500. The third kappa shape index (κ3) is 7.16. The minimum Gasteiger partial charge on any atom is -0.481 e. The Balaban J connectivity index is 4.07. The van der Waals surface area contributed by atoms with Crippen LogP contribution in [0.1, 0.15) is 13.3 Å². The van der Waals surface area contributed by atoms with Crippen LogP contribution in [0.15, 0.2) is 25.3 Å². The van der Waals surface area contributed by atoms with Gasteiger partial charge in [-0.2, -0.15) is 0 Å². The van der Waals surface area contributed by atoms with Crippen LogP contribution in [0.3, 0.4) is 0 Å². The fourth-order valence-electron chi connectivity index (χ4n) is 1.30. The molecule has 0 fully saturated rings.